The lowest BCUT2D eigenvalue weighted by Crippen LogP contribution is -2.24. The van der Waals surface area contributed by atoms with Crippen LogP contribution in [0.4, 0.5) is 0 Å². The molecule has 0 spiro atoms. The maximum atomic E-state index is 9.44. The molecular weight excluding hydrogens is 242 g/mol. The fourth-order valence-electron chi connectivity index (χ4n) is 3.19. The minimum atomic E-state index is -0.386. The molecular formula is C15H21NO3. The first-order chi connectivity index (χ1) is 9.24. The van der Waals surface area contributed by atoms with Crippen molar-refractivity contribution in [3.05, 3.63) is 22.3 Å². The Morgan fingerprint density at radius 2 is 1.74 bits per heavy atom. The lowest BCUT2D eigenvalue weighted by Gasteiger charge is -2.31. The van der Waals surface area contributed by atoms with Crippen LogP contribution in [0.15, 0.2) is 0 Å². The third-order valence-corrected chi connectivity index (χ3v) is 4.11. The molecule has 2 heterocycles. The van der Waals surface area contributed by atoms with Crippen LogP contribution in [0.5, 0.6) is 11.5 Å². The molecule has 0 saturated heterocycles. The van der Waals surface area contributed by atoms with Crippen LogP contribution in [-0.2, 0) is 12.8 Å². The van der Waals surface area contributed by atoms with Gasteiger partial charge in [0.15, 0.2) is 0 Å². The quantitative estimate of drug-likeness (QED) is 0.851. The van der Waals surface area contributed by atoms with Crippen molar-refractivity contribution < 1.29 is 14.6 Å². The standard InChI is InChI=1S/C15H21NO3/c1-9-10-4-2-7-19-15(10)13(12(16)8-17)11-5-3-6-18-14(9)11/h12,17H,2-8,16H2,1H3. The second-order valence-electron chi connectivity index (χ2n) is 5.35. The minimum Gasteiger partial charge on any atom is -0.493 e. The van der Waals surface area contributed by atoms with E-state index in [0.29, 0.717) is 0 Å². The summed E-state index contributed by atoms with van der Waals surface area (Å²) in [6, 6.07) is -0.386. The molecule has 4 nitrogen and oxygen atoms in total. The Hall–Kier alpha value is -1.26. The maximum Gasteiger partial charge on any atom is 0.128 e. The molecule has 3 rings (SSSR count). The first kappa shape index (κ1) is 12.8. The molecule has 3 N–H and O–H groups in total. The molecule has 0 amide bonds. The molecule has 2 aliphatic rings. The fourth-order valence-corrected chi connectivity index (χ4v) is 3.19. The summed E-state index contributed by atoms with van der Waals surface area (Å²) in [5, 5.41) is 9.44. The highest BCUT2D eigenvalue weighted by atomic mass is 16.5. The van der Waals surface area contributed by atoms with E-state index in [1.54, 1.807) is 0 Å². The van der Waals surface area contributed by atoms with E-state index in [2.05, 4.69) is 6.92 Å². The van der Waals surface area contributed by atoms with Gasteiger partial charge in [0.05, 0.1) is 25.9 Å². The van der Waals surface area contributed by atoms with Crippen LogP contribution in [0.1, 0.15) is 41.1 Å². The van der Waals surface area contributed by atoms with Crippen molar-refractivity contribution in [1.29, 1.82) is 0 Å². The predicted molar refractivity (Wildman–Crippen MR) is 72.8 cm³/mol. The van der Waals surface area contributed by atoms with Crippen LogP contribution in [0.3, 0.4) is 0 Å². The number of benzene rings is 1. The molecule has 1 unspecified atom stereocenters. The van der Waals surface area contributed by atoms with Crippen molar-refractivity contribution in [3.63, 3.8) is 0 Å². The van der Waals surface area contributed by atoms with Gasteiger partial charge in [-0.15, -0.1) is 0 Å². The van der Waals surface area contributed by atoms with Crippen LogP contribution < -0.4 is 15.2 Å². The van der Waals surface area contributed by atoms with E-state index < -0.39 is 0 Å². The summed E-state index contributed by atoms with van der Waals surface area (Å²) in [6.45, 7) is 3.54. The maximum absolute atomic E-state index is 9.44. The Labute approximate surface area is 113 Å². The van der Waals surface area contributed by atoms with Gasteiger partial charge in [-0.3, -0.25) is 0 Å². The molecule has 0 bridgehead atoms. The largest absolute Gasteiger partial charge is 0.493 e. The molecule has 0 radical (unpaired) electrons. The summed E-state index contributed by atoms with van der Waals surface area (Å²) in [6.07, 6.45) is 3.98. The zero-order valence-electron chi connectivity index (χ0n) is 11.4. The van der Waals surface area contributed by atoms with Crippen molar-refractivity contribution >= 4 is 0 Å². The smallest absolute Gasteiger partial charge is 0.128 e. The topological polar surface area (TPSA) is 64.7 Å². The van der Waals surface area contributed by atoms with E-state index in [4.69, 9.17) is 15.2 Å². The van der Waals surface area contributed by atoms with E-state index >= 15 is 0 Å². The Bertz CT molecular complexity index is 462. The second-order valence-corrected chi connectivity index (χ2v) is 5.35. The number of hydrogen-bond acceptors (Lipinski definition) is 4. The van der Waals surface area contributed by atoms with Crippen molar-refractivity contribution in [2.24, 2.45) is 5.73 Å². The second kappa shape index (κ2) is 5.02. The van der Waals surface area contributed by atoms with Crippen molar-refractivity contribution in [3.8, 4) is 11.5 Å². The average molecular weight is 263 g/mol. The van der Waals surface area contributed by atoms with Crippen LogP contribution in [0, 0.1) is 6.92 Å². The molecule has 1 aromatic rings. The molecule has 0 fully saturated rings. The van der Waals surface area contributed by atoms with Gasteiger partial charge < -0.3 is 20.3 Å². The van der Waals surface area contributed by atoms with Gasteiger partial charge in [0.2, 0.25) is 0 Å². The Balaban J connectivity index is 2.25. The molecule has 19 heavy (non-hydrogen) atoms. The molecule has 0 saturated carbocycles. The molecule has 0 aliphatic carbocycles. The van der Waals surface area contributed by atoms with Gasteiger partial charge in [-0.2, -0.15) is 0 Å². The summed E-state index contributed by atoms with van der Waals surface area (Å²) >= 11 is 0. The number of hydrogen-bond donors (Lipinski definition) is 2. The first-order valence-corrected chi connectivity index (χ1v) is 7.04. The summed E-state index contributed by atoms with van der Waals surface area (Å²) in [7, 11) is 0. The van der Waals surface area contributed by atoms with Crippen molar-refractivity contribution in [2.45, 2.75) is 38.6 Å². The third kappa shape index (κ3) is 1.99. The van der Waals surface area contributed by atoms with E-state index in [9.17, 15) is 5.11 Å². The number of aliphatic hydroxyl groups is 1. The van der Waals surface area contributed by atoms with Gasteiger partial charge in [0.25, 0.3) is 0 Å². The van der Waals surface area contributed by atoms with Gasteiger partial charge in [-0.1, -0.05) is 0 Å². The monoisotopic (exact) mass is 263 g/mol. The van der Waals surface area contributed by atoms with Crippen LogP contribution in [0.2, 0.25) is 0 Å². The normalized spacial score (nSPS) is 18.9. The lowest BCUT2D eigenvalue weighted by atomic mass is 9.86. The van der Waals surface area contributed by atoms with Crippen LogP contribution >= 0.6 is 0 Å². The summed E-state index contributed by atoms with van der Waals surface area (Å²) in [4.78, 5) is 0. The number of nitrogens with two attached hydrogens (primary N) is 1. The summed E-state index contributed by atoms with van der Waals surface area (Å²) < 4.78 is 11.7. The van der Waals surface area contributed by atoms with Gasteiger partial charge in [-0.05, 0) is 38.2 Å². The Morgan fingerprint density at radius 3 is 2.42 bits per heavy atom. The van der Waals surface area contributed by atoms with E-state index in [0.717, 1.165) is 61.5 Å². The molecule has 2 aliphatic heterocycles. The van der Waals surface area contributed by atoms with Gasteiger partial charge in [-0.25, -0.2) is 0 Å². The average Bonchev–Trinajstić information content (AvgIpc) is 2.47. The lowest BCUT2D eigenvalue weighted by molar-refractivity contribution is 0.244. The highest BCUT2D eigenvalue weighted by molar-refractivity contribution is 5.61. The Morgan fingerprint density at radius 1 is 1.11 bits per heavy atom. The molecule has 104 valence electrons. The zero-order valence-corrected chi connectivity index (χ0v) is 11.4. The van der Waals surface area contributed by atoms with Crippen LogP contribution in [0.25, 0.3) is 0 Å². The van der Waals surface area contributed by atoms with Crippen LogP contribution in [-0.4, -0.2) is 24.9 Å². The summed E-state index contributed by atoms with van der Waals surface area (Å²) in [5.41, 5.74) is 10.6. The molecule has 1 atom stereocenters. The van der Waals surface area contributed by atoms with Gasteiger partial charge >= 0.3 is 0 Å². The highest BCUT2D eigenvalue weighted by Crippen LogP contribution is 2.44. The third-order valence-electron chi connectivity index (χ3n) is 4.11. The summed E-state index contributed by atoms with van der Waals surface area (Å²) in [5.74, 6) is 1.89. The molecule has 0 aromatic heterocycles. The number of fused-ring (bicyclic) bond motifs is 2. The van der Waals surface area contributed by atoms with E-state index in [1.165, 1.54) is 11.1 Å². The minimum absolute atomic E-state index is 0.0642. The van der Waals surface area contributed by atoms with Crippen molar-refractivity contribution in [1.82, 2.24) is 0 Å². The van der Waals surface area contributed by atoms with E-state index in [1.807, 2.05) is 0 Å². The predicted octanol–water partition coefficient (Wildman–Crippen LogP) is 1.64. The number of rotatable bonds is 2. The van der Waals surface area contributed by atoms with E-state index in [-0.39, 0.29) is 12.6 Å². The SMILES string of the molecule is Cc1c2c(c(C(N)CO)c3c1OCCC3)OCCC2. The number of ether oxygens (including phenoxy) is 2. The van der Waals surface area contributed by atoms with Gasteiger partial charge in [0, 0.05) is 16.7 Å². The highest BCUT2D eigenvalue weighted by Gasteiger charge is 2.29. The zero-order chi connectivity index (χ0) is 13.4. The molecule has 1 aromatic carbocycles. The van der Waals surface area contributed by atoms with Crippen molar-refractivity contribution in [2.75, 3.05) is 19.8 Å². The fraction of sp³-hybridized carbons (Fsp3) is 0.600. The first-order valence-electron chi connectivity index (χ1n) is 7.04. The number of aliphatic hydroxyl groups excluding tert-OH is 1. The van der Waals surface area contributed by atoms with Gasteiger partial charge in [0.1, 0.15) is 11.5 Å². The molecule has 4 heteroatoms. The Kier molecular flexibility index (Phi) is 3.37.